The lowest BCUT2D eigenvalue weighted by Gasteiger charge is -2.53. The van der Waals surface area contributed by atoms with Gasteiger partial charge in [-0.25, -0.2) is 0 Å². The van der Waals surface area contributed by atoms with Gasteiger partial charge in [-0.3, -0.25) is 4.79 Å². The third-order valence-electron chi connectivity index (χ3n) is 3.22. The molecule has 0 N–H and O–H groups in total. The number of carbonyl (C=O) groups excluding carboxylic acids is 1. The second-order valence-electron chi connectivity index (χ2n) is 4.58. The first-order chi connectivity index (χ1) is 6.07. The van der Waals surface area contributed by atoms with Crippen molar-refractivity contribution < 1.29 is 4.79 Å². The summed E-state index contributed by atoms with van der Waals surface area (Å²) in [5.41, 5.74) is 0. The second-order valence-corrected chi connectivity index (χ2v) is 7.27. The highest BCUT2D eigenvalue weighted by molar-refractivity contribution is 8.80. The van der Waals surface area contributed by atoms with Crippen LogP contribution in [0.3, 0.4) is 0 Å². The Morgan fingerprint density at radius 3 is 2.62 bits per heavy atom. The number of ketones is 1. The van der Waals surface area contributed by atoms with E-state index >= 15 is 0 Å². The lowest BCUT2D eigenvalue weighted by atomic mass is 9.75. The van der Waals surface area contributed by atoms with E-state index in [1.807, 2.05) is 21.6 Å². The van der Waals surface area contributed by atoms with Crippen molar-refractivity contribution in [2.45, 2.75) is 43.6 Å². The summed E-state index contributed by atoms with van der Waals surface area (Å²) < 4.78 is -0.00280. The molecule has 3 atom stereocenters. The summed E-state index contributed by atoms with van der Waals surface area (Å²) in [7, 11) is 3.74. The molecule has 1 saturated heterocycles. The van der Waals surface area contributed by atoms with Crippen LogP contribution in [0, 0.1) is 11.8 Å². The molecule has 1 aliphatic carbocycles. The molecule has 13 heavy (non-hydrogen) atoms. The van der Waals surface area contributed by atoms with Crippen molar-refractivity contribution in [2.75, 3.05) is 0 Å². The average molecular weight is 216 g/mol. The monoisotopic (exact) mass is 216 g/mol. The molecule has 0 radical (unpaired) electrons. The van der Waals surface area contributed by atoms with E-state index in [1.165, 1.54) is 6.42 Å². The van der Waals surface area contributed by atoms with Gasteiger partial charge in [0, 0.05) is 11.7 Å². The molecule has 1 heterocycles. The van der Waals surface area contributed by atoms with Crippen LogP contribution >= 0.6 is 21.6 Å². The Bertz CT molecular complexity index is 239. The Morgan fingerprint density at radius 1 is 1.54 bits per heavy atom. The minimum atomic E-state index is -0.00280. The molecule has 0 aromatic carbocycles. The quantitative estimate of drug-likeness (QED) is 0.627. The Balaban J connectivity index is 2.23. The Hall–Kier alpha value is 0.370. The molecule has 2 fully saturated rings. The zero-order valence-corrected chi connectivity index (χ0v) is 10.0. The van der Waals surface area contributed by atoms with E-state index in [2.05, 4.69) is 20.8 Å². The van der Waals surface area contributed by atoms with Gasteiger partial charge in [-0.1, -0.05) is 42.4 Å². The SMILES string of the molecule is CC(C)[C@]12SSC1C[C@@H](C)CC2=O. The molecular weight excluding hydrogens is 200 g/mol. The summed E-state index contributed by atoms with van der Waals surface area (Å²) in [6.45, 7) is 6.58. The summed E-state index contributed by atoms with van der Waals surface area (Å²) in [4.78, 5) is 12.0. The number of fused-ring (bicyclic) bond motifs is 1. The molecule has 1 saturated carbocycles. The van der Waals surface area contributed by atoms with Gasteiger partial charge in [-0.05, 0) is 18.3 Å². The van der Waals surface area contributed by atoms with Crippen LogP contribution in [-0.2, 0) is 4.79 Å². The normalized spacial score (nSPS) is 44.5. The van der Waals surface area contributed by atoms with Gasteiger partial charge in [-0.2, -0.15) is 0 Å². The van der Waals surface area contributed by atoms with Crippen LogP contribution in [0.15, 0.2) is 0 Å². The van der Waals surface area contributed by atoms with Crippen molar-refractivity contribution in [3.05, 3.63) is 0 Å². The zero-order valence-electron chi connectivity index (χ0n) is 8.37. The van der Waals surface area contributed by atoms with E-state index in [0.717, 1.165) is 6.42 Å². The summed E-state index contributed by atoms with van der Waals surface area (Å²) in [5.74, 6) is 1.62. The van der Waals surface area contributed by atoms with Gasteiger partial charge < -0.3 is 0 Å². The molecule has 1 aliphatic heterocycles. The van der Waals surface area contributed by atoms with Gasteiger partial charge in [0.15, 0.2) is 5.78 Å². The first-order valence-corrected chi connectivity index (χ1v) is 7.16. The van der Waals surface area contributed by atoms with Crippen molar-refractivity contribution in [1.82, 2.24) is 0 Å². The number of Topliss-reactive ketones (excluding diaryl/α,β-unsaturated/α-hetero) is 1. The summed E-state index contributed by atoms with van der Waals surface area (Å²) >= 11 is 0. The van der Waals surface area contributed by atoms with Gasteiger partial charge >= 0.3 is 0 Å². The van der Waals surface area contributed by atoms with Gasteiger partial charge in [0.05, 0.1) is 4.75 Å². The van der Waals surface area contributed by atoms with E-state index in [0.29, 0.717) is 22.9 Å². The minimum absolute atomic E-state index is 0.00280. The van der Waals surface area contributed by atoms with Gasteiger partial charge in [0.25, 0.3) is 0 Å². The highest BCUT2D eigenvalue weighted by Gasteiger charge is 2.58. The largest absolute Gasteiger partial charge is 0.298 e. The maximum absolute atomic E-state index is 12.0. The summed E-state index contributed by atoms with van der Waals surface area (Å²) in [6.07, 6.45) is 2.05. The molecule has 0 amide bonds. The molecule has 0 spiro atoms. The standard InChI is InChI=1S/C10H16OS2/c1-6(2)10-8(11)4-7(3)5-9(10)12-13-10/h6-7,9H,4-5H2,1-3H3/t7-,9?,10+/m0/s1. The Kier molecular flexibility index (Phi) is 2.44. The van der Waals surface area contributed by atoms with E-state index in [4.69, 9.17) is 0 Å². The van der Waals surface area contributed by atoms with Crippen molar-refractivity contribution in [2.24, 2.45) is 11.8 Å². The smallest absolute Gasteiger partial charge is 0.151 e. The van der Waals surface area contributed by atoms with E-state index in [9.17, 15) is 4.79 Å². The molecule has 2 aliphatic rings. The maximum atomic E-state index is 12.0. The fraction of sp³-hybridized carbons (Fsp3) is 0.900. The van der Waals surface area contributed by atoms with Crippen molar-refractivity contribution in [3.8, 4) is 0 Å². The van der Waals surface area contributed by atoms with Crippen molar-refractivity contribution in [3.63, 3.8) is 0 Å². The molecule has 3 heteroatoms. The highest BCUT2D eigenvalue weighted by Crippen LogP contribution is 2.64. The lowest BCUT2D eigenvalue weighted by molar-refractivity contribution is -0.125. The van der Waals surface area contributed by atoms with Crippen LogP contribution in [0.25, 0.3) is 0 Å². The maximum Gasteiger partial charge on any atom is 0.151 e. The van der Waals surface area contributed by atoms with E-state index < -0.39 is 0 Å². The Morgan fingerprint density at radius 2 is 2.23 bits per heavy atom. The molecule has 0 bridgehead atoms. The first-order valence-electron chi connectivity index (χ1n) is 4.95. The third kappa shape index (κ3) is 1.27. The number of carbonyl (C=O) groups is 1. The molecule has 0 aromatic heterocycles. The third-order valence-corrected chi connectivity index (χ3v) is 7.34. The number of hydrogen-bond acceptors (Lipinski definition) is 3. The molecular formula is C10H16OS2. The number of hydrogen-bond donors (Lipinski definition) is 0. The fourth-order valence-corrected chi connectivity index (χ4v) is 6.50. The van der Waals surface area contributed by atoms with Crippen LogP contribution in [-0.4, -0.2) is 15.8 Å². The predicted octanol–water partition coefficient (Wildman–Crippen LogP) is 3.14. The minimum Gasteiger partial charge on any atom is -0.298 e. The lowest BCUT2D eigenvalue weighted by Crippen LogP contribution is -2.57. The van der Waals surface area contributed by atoms with Gasteiger partial charge in [0.1, 0.15) is 0 Å². The highest BCUT2D eigenvalue weighted by atomic mass is 33.1. The predicted molar refractivity (Wildman–Crippen MR) is 59.9 cm³/mol. The second kappa shape index (κ2) is 3.20. The van der Waals surface area contributed by atoms with Crippen LogP contribution in [0.5, 0.6) is 0 Å². The molecule has 1 nitrogen and oxygen atoms in total. The van der Waals surface area contributed by atoms with E-state index in [-0.39, 0.29) is 4.75 Å². The van der Waals surface area contributed by atoms with Crippen LogP contribution in [0.4, 0.5) is 0 Å². The van der Waals surface area contributed by atoms with Crippen molar-refractivity contribution in [1.29, 1.82) is 0 Å². The van der Waals surface area contributed by atoms with E-state index in [1.54, 1.807) is 0 Å². The summed E-state index contributed by atoms with van der Waals surface area (Å²) in [6, 6.07) is 0. The summed E-state index contributed by atoms with van der Waals surface area (Å²) in [5, 5.41) is 0.605. The molecule has 2 rings (SSSR count). The molecule has 74 valence electrons. The van der Waals surface area contributed by atoms with Crippen LogP contribution in [0.1, 0.15) is 33.6 Å². The average Bonchev–Trinajstić information content (AvgIpc) is 1.95. The van der Waals surface area contributed by atoms with Crippen LogP contribution < -0.4 is 0 Å². The molecule has 1 unspecified atom stereocenters. The van der Waals surface area contributed by atoms with Gasteiger partial charge in [-0.15, -0.1) is 0 Å². The first kappa shape index (κ1) is 9.91. The molecule has 0 aromatic rings. The zero-order chi connectivity index (χ0) is 9.64. The topological polar surface area (TPSA) is 17.1 Å². The van der Waals surface area contributed by atoms with Crippen molar-refractivity contribution >= 4 is 27.4 Å². The fourth-order valence-electron chi connectivity index (χ4n) is 2.37. The number of rotatable bonds is 1. The van der Waals surface area contributed by atoms with Crippen LogP contribution in [0.2, 0.25) is 0 Å². The van der Waals surface area contributed by atoms with Gasteiger partial charge in [0.2, 0.25) is 0 Å². The Labute approximate surface area is 87.8 Å².